The van der Waals surface area contributed by atoms with Crippen LogP contribution in [0, 0.1) is 11.8 Å². The van der Waals surface area contributed by atoms with Crippen LogP contribution in [0.3, 0.4) is 0 Å². The Morgan fingerprint density at radius 1 is 0.870 bits per heavy atom. The first-order chi connectivity index (χ1) is 11.2. The summed E-state index contributed by atoms with van der Waals surface area (Å²) in [5, 5.41) is 9.43. The minimum absolute atomic E-state index is 0.399. The van der Waals surface area contributed by atoms with Gasteiger partial charge in [0.2, 0.25) is 0 Å². The second-order valence-corrected chi connectivity index (χ2v) is 6.53. The van der Waals surface area contributed by atoms with Gasteiger partial charge < -0.3 is 10.0 Å². The van der Waals surface area contributed by atoms with Crippen LogP contribution in [0.4, 0.5) is 4.79 Å². The van der Waals surface area contributed by atoms with Crippen molar-refractivity contribution in [1.82, 2.24) is 4.90 Å². The lowest BCUT2D eigenvalue weighted by atomic mass is 9.82. The molecule has 1 heterocycles. The van der Waals surface area contributed by atoms with Crippen molar-refractivity contribution in [1.29, 1.82) is 0 Å². The largest absolute Gasteiger partial charge is 0.465 e. The molecule has 2 aromatic carbocycles. The third kappa shape index (κ3) is 4.35. The summed E-state index contributed by atoms with van der Waals surface area (Å²) in [4.78, 5) is 13.1. The average molecular weight is 309 g/mol. The fourth-order valence-corrected chi connectivity index (χ4v) is 3.67. The van der Waals surface area contributed by atoms with Gasteiger partial charge in [0.1, 0.15) is 0 Å². The lowest BCUT2D eigenvalue weighted by Gasteiger charge is -2.36. The van der Waals surface area contributed by atoms with E-state index >= 15 is 0 Å². The van der Waals surface area contributed by atoms with E-state index in [1.807, 2.05) is 12.1 Å². The summed E-state index contributed by atoms with van der Waals surface area (Å²) in [6, 6.07) is 20.8. The monoisotopic (exact) mass is 309 g/mol. The Hall–Kier alpha value is -2.29. The van der Waals surface area contributed by atoms with E-state index in [-0.39, 0.29) is 0 Å². The Morgan fingerprint density at radius 3 is 1.70 bits per heavy atom. The predicted octanol–water partition coefficient (Wildman–Crippen LogP) is 4.09. The van der Waals surface area contributed by atoms with Gasteiger partial charge in [-0.2, -0.15) is 0 Å². The zero-order valence-electron chi connectivity index (χ0n) is 13.3. The zero-order valence-corrected chi connectivity index (χ0v) is 13.3. The van der Waals surface area contributed by atoms with Gasteiger partial charge in [-0.3, -0.25) is 0 Å². The quantitative estimate of drug-likeness (QED) is 0.924. The zero-order chi connectivity index (χ0) is 16.1. The topological polar surface area (TPSA) is 40.5 Å². The van der Waals surface area contributed by atoms with Crippen molar-refractivity contribution < 1.29 is 9.90 Å². The van der Waals surface area contributed by atoms with Crippen molar-refractivity contribution in [2.24, 2.45) is 11.8 Å². The van der Waals surface area contributed by atoms with Gasteiger partial charge in [0.15, 0.2) is 0 Å². The van der Waals surface area contributed by atoms with Crippen molar-refractivity contribution >= 4 is 6.09 Å². The molecule has 1 aliphatic heterocycles. The molecule has 2 atom stereocenters. The van der Waals surface area contributed by atoms with Crippen LogP contribution in [0.15, 0.2) is 60.7 Å². The smallest absolute Gasteiger partial charge is 0.407 e. The molecular formula is C20H23NO2. The third-order valence-corrected chi connectivity index (χ3v) is 4.63. The summed E-state index contributed by atoms with van der Waals surface area (Å²) >= 11 is 0. The molecule has 120 valence electrons. The molecule has 1 saturated heterocycles. The molecule has 1 amide bonds. The fraction of sp³-hybridized carbons (Fsp3) is 0.350. The summed E-state index contributed by atoms with van der Waals surface area (Å²) in [7, 11) is 0. The summed E-state index contributed by atoms with van der Waals surface area (Å²) in [6.07, 6.45) is 2.21. The molecule has 0 radical (unpaired) electrons. The van der Waals surface area contributed by atoms with Crippen molar-refractivity contribution in [3.05, 3.63) is 71.8 Å². The molecule has 3 nitrogen and oxygen atoms in total. The third-order valence-electron chi connectivity index (χ3n) is 4.63. The van der Waals surface area contributed by atoms with Crippen molar-refractivity contribution in [2.75, 3.05) is 13.1 Å². The highest BCUT2D eigenvalue weighted by Gasteiger charge is 2.29. The molecule has 0 aromatic heterocycles. The Kier molecular flexibility index (Phi) is 4.96. The number of rotatable bonds is 4. The standard InChI is InChI=1S/C20H23NO2/c22-20(23)21-14-18(11-16-7-3-1-4-8-16)13-19(15-21)12-17-9-5-2-6-10-17/h1-10,18-19H,11-15H2,(H,22,23). The predicted molar refractivity (Wildman–Crippen MR) is 91.5 cm³/mol. The van der Waals surface area contributed by atoms with Crippen molar-refractivity contribution in [2.45, 2.75) is 19.3 Å². The highest BCUT2D eigenvalue weighted by atomic mass is 16.4. The maximum absolute atomic E-state index is 11.5. The number of amides is 1. The molecule has 0 spiro atoms. The molecule has 3 rings (SSSR count). The SMILES string of the molecule is O=C(O)N1CC(Cc2ccccc2)CC(Cc2ccccc2)C1. The molecule has 1 fully saturated rings. The Bertz CT molecular complexity index is 577. The second kappa shape index (κ2) is 7.32. The molecule has 0 aliphatic carbocycles. The van der Waals surface area contributed by atoms with Crippen LogP contribution in [0.1, 0.15) is 17.5 Å². The number of nitrogens with zero attached hydrogens (tertiary/aromatic N) is 1. The van der Waals surface area contributed by atoms with Crippen molar-refractivity contribution in [3.63, 3.8) is 0 Å². The van der Waals surface area contributed by atoms with Crippen LogP contribution in [0.5, 0.6) is 0 Å². The van der Waals surface area contributed by atoms with E-state index < -0.39 is 6.09 Å². The Morgan fingerprint density at radius 2 is 1.30 bits per heavy atom. The van der Waals surface area contributed by atoms with Crippen LogP contribution in [-0.2, 0) is 12.8 Å². The number of carboxylic acid groups (broad SMARTS) is 1. The molecule has 3 heteroatoms. The lowest BCUT2D eigenvalue weighted by molar-refractivity contribution is 0.0978. The van der Waals surface area contributed by atoms with E-state index in [2.05, 4.69) is 48.5 Å². The fourth-order valence-electron chi connectivity index (χ4n) is 3.67. The number of carbonyl (C=O) groups is 1. The normalized spacial score (nSPS) is 21.1. The minimum atomic E-state index is -0.791. The van der Waals surface area contributed by atoms with E-state index in [0.717, 1.165) is 19.3 Å². The number of hydrogen-bond acceptors (Lipinski definition) is 1. The number of benzene rings is 2. The van der Waals surface area contributed by atoms with Gasteiger partial charge >= 0.3 is 6.09 Å². The van der Waals surface area contributed by atoms with E-state index in [1.54, 1.807) is 4.90 Å². The summed E-state index contributed by atoms with van der Waals surface area (Å²) < 4.78 is 0. The van der Waals surface area contributed by atoms with Crippen LogP contribution in [-0.4, -0.2) is 29.2 Å². The van der Waals surface area contributed by atoms with Crippen LogP contribution < -0.4 is 0 Å². The van der Waals surface area contributed by atoms with Gasteiger partial charge in [-0.1, -0.05) is 60.7 Å². The van der Waals surface area contributed by atoms with Crippen LogP contribution >= 0.6 is 0 Å². The molecular weight excluding hydrogens is 286 g/mol. The first kappa shape index (κ1) is 15.6. The van der Waals surface area contributed by atoms with Gasteiger partial charge in [-0.15, -0.1) is 0 Å². The first-order valence-electron chi connectivity index (χ1n) is 8.26. The number of likely N-dealkylation sites (tertiary alicyclic amines) is 1. The average Bonchev–Trinajstić information content (AvgIpc) is 2.56. The van der Waals surface area contributed by atoms with Gasteiger partial charge in [-0.05, 0) is 42.2 Å². The highest BCUT2D eigenvalue weighted by molar-refractivity contribution is 5.65. The molecule has 2 unspecified atom stereocenters. The van der Waals surface area contributed by atoms with Crippen LogP contribution in [0.2, 0.25) is 0 Å². The van der Waals surface area contributed by atoms with Gasteiger partial charge in [0.05, 0.1) is 0 Å². The Balaban J connectivity index is 1.69. The maximum atomic E-state index is 11.5. The second-order valence-electron chi connectivity index (χ2n) is 6.53. The van der Waals surface area contributed by atoms with Crippen molar-refractivity contribution in [3.8, 4) is 0 Å². The molecule has 2 aromatic rings. The molecule has 1 aliphatic rings. The van der Waals surface area contributed by atoms with Gasteiger partial charge in [0, 0.05) is 13.1 Å². The molecule has 23 heavy (non-hydrogen) atoms. The molecule has 0 saturated carbocycles. The van der Waals surface area contributed by atoms with E-state index in [9.17, 15) is 9.90 Å². The minimum Gasteiger partial charge on any atom is -0.465 e. The highest BCUT2D eigenvalue weighted by Crippen LogP contribution is 2.27. The molecule has 0 bridgehead atoms. The van der Waals surface area contributed by atoms with Gasteiger partial charge in [0.25, 0.3) is 0 Å². The van der Waals surface area contributed by atoms with Gasteiger partial charge in [-0.25, -0.2) is 4.79 Å². The maximum Gasteiger partial charge on any atom is 0.407 e. The summed E-state index contributed by atoms with van der Waals surface area (Å²) in [5.74, 6) is 0.798. The lowest BCUT2D eigenvalue weighted by Crippen LogP contribution is -2.44. The number of piperidine rings is 1. The first-order valence-corrected chi connectivity index (χ1v) is 8.26. The number of hydrogen-bond donors (Lipinski definition) is 1. The van der Waals surface area contributed by atoms with Crippen LogP contribution in [0.25, 0.3) is 0 Å². The Labute approximate surface area is 137 Å². The molecule has 1 N–H and O–H groups in total. The summed E-state index contributed by atoms with van der Waals surface area (Å²) in [5.41, 5.74) is 2.59. The van der Waals surface area contributed by atoms with E-state index in [0.29, 0.717) is 24.9 Å². The van der Waals surface area contributed by atoms with E-state index in [1.165, 1.54) is 11.1 Å². The van der Waals surface area contributed by atoms with E-state index in [4.69, 9.17) is 0 Å². The summed E-state index contributed by atoms with van der Waals surface area (Å²) in [6.45, 7) is 1.30.